The molecular weight excluding hydrogens is 455 g/mol. The second kappa shape index (κ2) is 15.2. The van der Waals surface area contributed by atoms with Gasteiger partial charge in [0.15, 0.2) is 5.96 Å². The fourth-order valence-corrected chi connectivity index (χ4v) is 3.27. The SMILES string of the molecule is COCCCN(C)CCN=C(NCCc1ccco1)NC1CCCCC1.I. The summed E-state index contributed by atoms with van der Waals surface area (Å²) in [6.07, 6.45) is 10.2. The van der Waals surface area contributed by atoms with Crippen LogP contribution in [0.1, 0.15) is 44.3 Å². The van der Waals surface area contributed by atoms with Crippen LogP contribution in [0.15, 0.2) is 27.8 Å². The molecule has 156 valence electrons. The summed E-state index contributed by atoms with van der Waals surface area (Å²) in [5, 5.41) is 7.10. The van der Waals surface area contributed by atoms with Crippen molar-refractivity contribution >= 4 is 29.9 Å². The first-order valence-corrected chi connectivity index (χ1v) is 10.0. The molecule has 2 rings (SSSR count). The highest BCUT2D eigenvalue weighted by Crippen LogP contribution is 2.17. The Bertz CT molecular complexity index is 490. The summed E-state index contributed by atoms with van der Waals surface area (Å²) >= 11 is 0. The van der Waals surface area contributed by atoms with E-state index in [4.69, 9.17) is 14.1 Å². The van der Waals surface area contributed by atoms with Crippen LogP contribution in [0.25, 0.3) is 0 Å². The summed E-state index contributed by atoms with van der Waals surface area (Å²) < 4.78 is 10.5. The van der Waals surface area contributed by atoms with E-state index in [1.54, 1.807) is 13.4 Å². The molecule has 1 aliphatic carbocycles. The van der Waals surface area contributed by atoms with Crippen LogP contribution in [0.2, 0.25) is 0 Å². The van der Waals surface area contributed by atoms with Gasteiger partial charge in [0.25, 0.3) is 0 Å². The van der Waals surface area contributed by atoms with Crippen molar-refractivity contribution in [1.29, 1.82) is 0 Å². The van der Waals surface area contributed by atoms with E-state index < -0.39 is 0 Å². The number of furan rings is 1. The summed E-state index contributed by atoms with van der Waals surface area (Å²) in [5.74, 6) is 1.95. The van der Waals surface area contributed by atoms with Gasteiger partial charge in [0.1, 0.15) is 5.76 Å². The van der Waals surface area contributed by atoms with E-state index in [2.05, 4.69) is 22.6 Å². The van der Waals surface area contributed by atoms with Gasteiger partial charge >= 0.3 is 0 Å². The van der Waals surface area contributed by atoms with E-state index >= 15 is 0 Å². The summed E-state index contributed by atoms with van der Waals surface area (Å²) in [4.78, 5) is 7.10. The molecule has 0 unspecified atom stereocenters. The molecule has 0 amide bonds. The van der Waals surface area contributed by atoms with Crippen molar-refractivity contribution in [3.63, 3.8) is 0 Å². The first-order chi connectivity index (χ1) is 12.8. The maximum absolute atomic E-state index is 5.41. The van der Waals surface area contributed by atoms with Gasteiger partial charge in [0.05, 0.1) is 12.8 Å². The van der Waals surface area contributed by atoms with E-state index in [1.165, 1.54) is 32.1 Å². The lowest BCUT2D eigenvalue weighted by molar-refractivity contribution is 0.180. The molecule has 0 atom stereocenters. The minimum Gasteiger partial charge on any atom is -0.469 e. The number of halogens is 1. The number of nitrogens with zero attached hydrogens (tertiary/aromatic N) is 2. The lowest BCUT2D eigenvalue weighted by atomic mass is 9.96. The lowest BCUT2D eigenvalue weighted by Crippen LogP contribution is -2.45. The van der Waals surface area contributed by atoms with Crippen molar-refractivity contribution in [2.45, 2.75) is 51.0 Å². The summed E-state index contributed by atoms with van der Waals surface area (Å²) in [6.45, 7) is 4.44. The lowest BCUT2D eigenvalue weighted by Gasteiger charge is -2.25. The molecule has 6 nitrogen and oxygen atoms in total. The molecule has 1 aromatic heterocycles. The van der Waals surface area contributed by atoms with Crippen LogP contribution in [0.4, 0.5) is 0 Å². The Balaban J connectivity index is 0.00000364. The maximum Gasteiger partial charge on any atom is 0.191 e. The molecule has 1 aromatic rings. The first-order valence-electron chi connectivity index (χ1n) is 10.0. The number of nitrogens with one attached hydrogen (secondary N) is 2. The molecule has 0 saturated heterocycles. The minimum absolute atomic E-state index is 0. The number of hydrogen-bond acceptors (Lipinski definition) is 4. The third-order valence-electron chi connectivity index (χ3n) is 4.83. The molecule has 1 saturated carbocycles. The number of rotatable bonds is 11. The Morgan fingerprint density at radius 3 is 2.81 bits per heavy atom. The van der Waals surface area contributed by atoms with Gasteiger partial charge in [-0.15, -0.1) is 24.0 Å². The monoisotopic (exact) mass is 492 g/mol. The van der Waals surface area contributed by atoms with Crippen LogP contribution in [-0.2, 0) is 11.2 Å². The van der Waals surface area contributed by atoms with Gasteiger partial charge < -0.3 is 24.7 Å². The second-order valence-corrected chi connectivity index (χ2v) is 7.12. The van der Waals surface area contributed by atoms with Gasteiger partial charge in [-0.2, -0.15) is 0 Å². The third-order valence-corrected chi connectivity index (χ3v) is 4.83. The standard InChI is InChI=1S/C20H36N4O2.HI/c1-24(14-7-16-25-2)15-13-22-20(23-18-8-4-3-5-9-18)21-12-11-19-10-6-17-26-19;/h6,10,17-18H,3-5,7-9,11-16H2,1-2H3,(H2,21,22,23);1H. The van der Waals surface area contributed by atoms with Crippen LogP contribution in [0, 0.1) is 0 Å². The fraction of sp³-hybridized carbons (Fsp3) is 0.750. The maximum atomic E-state index is 5.41. The van der Waals surface area contributed by atoms with Crippen molar-refractivity contribution in [3.8, 4) is 0 Å². The Morgan fingerprint density at radius 2 is 2.11 bits per heavy atom. The van der Waals surface area contributed by atoms with Crippen molar-refractivity contribution in [2.24, 2.45) is 4.99 Å². The van der Waals surface area contributed by atoms with E-state index in [9.17, 15) is 0 Å². The van der Waals surface area contributed by atoms with Crippen LogP contribution in [-0.4, -0.2) is 63.8 Å². The molecular formula is C20H37IN4O2. The largest absolute Gasteiger partial charge is 0.469 e. The topological polar surface area (TPSA) is 62.0 Å². The van der Waals surface area contributed by atoms with Crippen molar-refractivity contribution in [3.05, 3.63) is 24.2 Å². The number of likely N-dealkylation sites (N-methyl/N-ethyl adjacent to an activating group) is 1. The normalized spacial score (nSPS) is 15.6. The smallest absolute Gasteiger partial charge is 0.191 e. The minimum atomic E-state index is 0. The average molecular weight is 492 g/mol. The van der Waals surface area contributed by atoms with Crippen LogP contribution < -0.4 is 10.6 Å². The predicted octanol–water partition coefficient (Wildman–Crippen LogP) is 3.28. The second-order valence-electron chi connectivity index (χ2n) is 7.12. The number of guanidine groups is 1. The molecule has 7 heteroatoms. The molecule has 0 spiro atoms. The summed E-state index contributed by atoms with van der Waals surface area (Å²) in [7, 11) is 3.89. The van der Waals surface area contributed by atoms with Crippen LogP contribution >= 0.6 is 24.0 Å². The number of aliphatic imine (C=N–C) groups is 1. The molecule has 2 N–H and O–H groups in total. The van der Waals surface area contributed by atoms with E-state index in [-0.39, 0.29) is 24.0 Å². The highest BCUT2D eigenvalue weighted by Gasteiger charge is 2.14. The van der Waals surface area contributed by atoms with Gasteiger partial charge in [0, 0.05) is 45.8 Å². The zero-order valence-corrected chi connectivity index (χ0v) is 19.2. The molecule has 0 bridgehead atoms. The summed E-state index contributed by atoms with van der Waals surface area (Å²) in [5.41, 5.74) is 0. The Kier molecular flexibility index (Phi) is 13.6. The molecule has 0 aliphatic heterocycles. The predicted molar refractivity (Wildman–Crippen MR) is 122 cm³/mol. The fourth-order valence-electron chi connectivity index (χ4n) is 3.27. The van der Waals surface area contributed by atoms with Gasteiger partial charge in [-0.25, -0.2) is 0 Å². The van der Waals surface area contributed by atoms with Crippen molar-refractivity contribution in [2.75, 3.05) is 46.9 Å². The van der Waals surface area contributed by atoms with Gasteiger partial charge in [-0.05, 0) is 38.4 Å². The quantitative estimate of drug-likeness (QED) is 0.215. The number of hydrogen-bond donors (Lipinski definition) is 2. The number of methoxy groups -OCH3 is 1. The zero-order valence-electron chi connectivity index (χ0n) is 16.9. The van der Waals surface area contributed by atoms with E-state index in [0.29, 0.717) is 6.04 Å². The molecule has 1 heterocycles. The molecule has 1 aliphatic rings. The third kappa shape index (κ3) is 10.9. The zero-order chi connectivity index (χ0) is 18.5. The molecule has 0 aromatic carbocycles. The average Bonchev–Trinajstić information content (AvgIpc) is 3.16. The van der Waals surface area contributed by atoms with Gasteiger partial charge in [-0.1, -0.05) is 19.3 Å². The highest BCUT2D eigenvalue weighted by molar-refractivity contribution is 14.0. The first kappa shape index (κ1) is 24.2. The Labute approximate surface area is 181 Å². The summed E-state index contributed by atoms with van der Waals surface area (Å²) in [6, 6.07) is 4.50. The van der Waals surface area contributed by atoms with Crippen LogP contribution in [0.3, 0.4) is 0 Å². The molecule has 1 fully saturated rings. The van der Waals surface area contributed by atoms with E-state index in [0.717, 1.165) is 57.3 Å². The van der Waals surface area contributed by atoms with E-state index in [1.807, 2.05) is 12.1 Å². The van der Waals surface area contributed by atoms with Gasteiger partial charge in [-0.3, -0.25) is 4.99 Å². The van der Waals surface area contributed by atoms with Crippen molar-refractivity contribution in [1.82, 2.24) is 15.5 Å². The van der Waals surface area contributed by atoms with Gasteiger partial charge in [0.2, 0.25) is 0 Å². The Hall–Kier alpha value is -0.800. The molecule has 27 heavy (non-hydrogen) atoms. The van der Waals surface area contributed by atoms with Crippen molar-refractivity contribution < 1.29 is 9.15 Å². The Morgan fingerprint density at radius 1 is 1.30 bits per heavy atom. The highest BCUT2D eigenvalue weighted by atomic mass is 127. The molecule has 0 radical (unpaired) electrons. The number of ether oxygens (including phenoxy) is 1. The van der Waals surface area contributed by atoms with Crippen LogP contribution in [0.5, 0.6) is 0 Å².